The molecule has 1 aromatic heterocycles. The van der Waals surface area contributed by atoms with Crippen LogP contribution in [0.3, 0.4) is 0 Å². The van der Waals surface area contributed by atoms with Gasteiger partial charge in [0.1, 0.15) is 0 Å². The highest BCUT2D eigenvalue weighted by Crippen LogP contribution is 2.34. The fraction of sp³-hybridized carbons (Fsp3) is 0.0833. The lowest BCUT2D eigenvalue weighted by Crippen LogP contribution is -2.03. The second-order valence-corrected chi connectivity index (χ2v) is 8.07. The Kier molecular flexibility index (Phi) is 5.90. The van der Waals surface area contributed by atoms with Crippen LogP contribution in [0.4, 0.5) is 5.69 Å². The average Bonchev–Trinajstić information content (AvgIpc) is 2.30. The molecule has 0 aliphatic heterocycles. The summed E-state index contributed by atoms with van der Waals surface area (Å²) >= 11 is 17.4. The van der Waals surface area contributed by atoms with Crippen LogP contribution >= 0.6 is 79.6 Å². The molecule has 0 aliphatic rings. The number of halogens is 5. The van der Waals surface area contributed by atoms with E-state index in [2.05, 4.69) is 90.0 Å². The summed E-state index contributed by atoms with van der Waals surface area (Å²) in [5.41, 5.74) is 1.95. The van der Waals surface area contributed by atoms with Crippen LogP contribution in [0.2, 0.25) is 0 Å². The molecule has 1 N–H and O–H groups in total. The van der Waals surface area contributed by atoms with E-state index in [1.165, 1.54) is 0 Å². The van der Waals surface area contributed by atoms with Crippen molar-refractivity contribution in [2.45, 2.75) is 6.54 Å². The highest BCUT2D eigenvalue weighted by atomic mass is 79.9. The number of hydrogen-bond donors (Lipinski definition) is 1. The van der Waals surface area contributed by atoms with E-state index < -0.39 is 0 Å². The molecule has 2 nitrogen and oxygen atoms in total. The van der Waals surface area contributed by atoms with Crippen molar-refractivity contribution in [3.63, 3.8) is 0 Å². The van der Waals surface area contributed by atoms with Gasteiger partial charge in [-0.15, -0.1) is 0 Å². The van der Waals surface area contributed by atoms with Crippen molar-refractivity contribution in [1.29, 1.82) is 0 Å². The van der Waals surface area contributed by atoms with Crippen LogP contribution in [-0.2, 0) is 6.54 Å². The van der Waals surface area contributed by atoms with Gasteiger partial charge in [0.25, 0.3) is 0 Å². The lowest BCUT2D eigenvalue weighted by atomic mass is 10.3. The molecular weight excluding hydrogens is 572 g/mol. The molecule has 0 atom stereocenters. The molecule has 0 fully saturated rings. The zero-order valence-electron chi connectivity index (χ0n) is 9.35. The normalized spacial score (nSPS) is 10.6. The molecule has 0 radical (unpaired) electrons. The van der Waals surface area contributed by atoms with E-state index in [0.717, 1.165) is 33.7 Å². The van der Waals surface area contributed by atoms with E-state index >= 15 is 0 Å². The summed E-state index contributed by atoms with van der Waals surface area (Å²) in [6.07, 6.45) is 1.79. The van der Waals surface area contributed by atoms with Gasteiger partial charge < -0.3 is 5.32 Å². The Hall–Kier alpha value is 0.570. The molecule has 19 heavy (non-hydrogen) atoms. The van der Waals surface area contributed by atoms with E-state index in [9.17, 15) is 0 Å². The smallest absolute Gasteiger partial charge is 0.0737 e. The Labute approximate surface area is 153 Å². The third-order valence-corrected chi connectivity index (χ3v) is 5.15. The number of anilines is 1. The first kappa shape index (κ1) is 15.9. The lowest BCUT2D eigenvalue weighted by molar-refractivity contribution is 1.02. The topological polar surface area (TPSA) is 24.9 Å². The third kappa shape index (κ3) is 4.27. The van der Waals surface area contributed by atoms with Gasteiger partial charge in [0.2, 0.25) is 0 Å². The Morgan fingerprint density at radius 1 is 0.842 bits per heavy atom. The monoisotopic (exact) mass is 574 g/mol. The molecule has 0 bridgehead atoms. The average molecular weight is 579 g/mol. The Morgan fingerprint density at radius 3 is 2.00 bits per heavy atom. The molecule has 0 amide bonds. The van der Waals surface area contributed by atoms with Gasteiger partial charge in [-0.3, -0.25) is 4.98 Å². The van der Waals surface area contributed by atoms with Gasteiger partial charge in [-0.05, 0) is 81.9 Å². The van der Waals surface area contributed by atoms with Crippen molar-refractivity contribution >= 4 is 85.3 Å². The highest BCUT2D eigenvalue weighted by molar-refractivity contribution is 9.12. The molecule has 0 unspecified atom stereocenters. The third-order valence-electron chi connectivity index (χ3n) is 2.32. The van der Waals surface area contributed by atoms with Gasteiger partial charge in [0.05, 0.1) is 17.9 Å². The summed E-state index contributed by atoms with van der Waals surface area (Å²) in [5.74, 6) is 0. The predicted octanol–water partition coefficient (Wildman–Crippen LogP) is 6.51. The molecule has 1 aromatic carbocycles. The molecule has 0 spiro atoms. The number of hydrogen-bond acceptors (Lipinski definition) is 2. The van der Waals surface area contributed by atoms with Gasteiger partial charge in [0.15, 0.2) is 0 Å². The van der Waals surface area contributed by atoms with Crippen molar-refractivity contribution in [3.8, 4) is 0 Å². The molecule has 2 rings (SSSR count). The maximum absolute atomic E-state index is 4.37. The van der Waals surface area contributed by atoms with E-state index in [4.69, 9.17) is 0 Å². The molecular formula is C12H7Br5N2. The van der Waals surface area contributed by atoms with Crippen molar-refractivity contribution in [2.24, 2.45) is 0 Å². The zero-order valence-corrected chi connectivity index (χ0v) is 17.3. The van der Waals surface area contributed by atoms with Gasteiger partial charge in [0, 0.05) is 28.6 Å². The minimum absolute atomic E-state index is 0.632. The summed E-state index contributed by atoms with van der Waals surface area (Å²) in [7, 11) is 0. The van der Waals surface area contributed by atoms with Gasteiger partial charge >= 0.3 is 0 Å². The number of benzene rings is 1. The van der Waals surface area contributed by atoms with Crippen LogP contribution in [0.15, 0.2) is 46.8 Å². The molecule has 0 saturated carbocycles. The van der Waals surface area contributed by atoms with Crippen molar-refractivity contribution in [3.05, 3.63) is 52.5 Å². The quantitative estimate of drug-likeness (QED) is 0.450. The molecule has 7 heteroatoms. The summed E-state index contributed by atoms with van der Waals surface area (Å²) in [6, 6.07) is 5.98. The van der Waals surface area contributed by atoms with Crippen molar-refractivity contribution in [1.82, 2.24) is 4.98 Å². The highest BCUT2D eigenvalue weighted by Gasteiger charge is 2.08. The first-order chi connectivity index (χ1) is 8.97. The first-order valence-electron chi connectivity index (χ1n) is 5.15. The standard InChI is InChI=1S/C12H7Br5N2/c13-6-1-9(16)12(10(17)2-6)19-5-11-8(15)3-7(14)4-18-11/h1-4,19H,5H2. The van der Waals surface area contributed by atoms with Gasteiger partial charge in [-0.25, -0.2) is 0 Å². The molecule has 2 aromatic rings. The van der Waals surface area contributed by atoms with Crippen molar-refractivity contribution < 1.29 is 0 Å². The minimum Gasteiger partial charge on any atom is -0.378 e. The van der Waals surface area contributed by atoms with Crippen LogP contribution in [-0.4, -0.2) is 4.98 Å². The van der Waals surface area contributed by atoms with Crippen LogP contribution in [0, 0.1) is 0 Å². The number of nitrogens with one attached hydrogen (secondary N) is 1. The first-order valence-corrected chi connectivity index (χ1v) is 9.12. The van der Waals surface area contributed by atoms with Gasteiger partial charge in [-0.2, -0.15) is 0 Å². The molecule has 100 valence electrons. The Morgan fingerprint density at radius 2 is 1.42 bits per heavy atom. The van der Waals surface area contributed by atoms with Crippen LogP contribution < -0.4 is 5.32 Å². The fourth-order valence-corrected chi connectivity index (χ4v) is 5.12. The number of nitrogens with zero attached hydrogens (tertiary/aromatic N) is 1. The van der Waals surface area contributed by atoms with Crippen LogP contribution in [0.25, 0.3) is 0 Å². The number of pyridine rings is 1. The van der Waals surface area contributed by atoms with E-state index in [1.807, 2.05) is 18.2 Å². The van der Waals surface area contributed by atoms with E-state index in [1.54, 1.807) is 6.20 Å². The predicted molar refractivity (Wildman–Crippen MR) is 96.5 cm³/mol. The second kappa shape index (κ2) is 7.02. The Balaban J connectivity index is 2.19. The van der Waals surface area contributed by atoms with Crippen molar-refractivity contribution in [2.75, 3.05) is 5.32 Å². The minimum atomic E-state index is 0.632. The molecule has 1 heterocycles. The van der Waals surface area contributed by atoms with E-state index in [-0.39, 0.29) is 0 Å². The SMILES string of the molecule is Brc1cnc(CNc2c(Br)cc(Br)cc2Br)c(Br)c1. The second-order valence-electron chi connectivity index (χ2n) is 3.68. The number of rotatable bonds is 3. The summed E-state index contributed by atoms with van der Waals surface area (Å²) < 4.78 is 4.91. The summed E-state index contributed by atoms with van der Waals surface area (Å²) in [5, 5.41) is 3.36. The maximum atomic E-state index is 4.37. The van der Waals surface area contributed by atoms with Crippen LogP contribution in [0.5, 0.6) is 0 Å². The van der Waals surface area contributed by atoms with E-state index in [0.29, 0.717) is 6.54 Å². The van der Waals surface area contributed by atoms with Crippen LogP contribution in [0.1, 0.15) is 5.69 Å². The molecule has 0 saturated heterocycles. The largest absolute Gasteiger partial charge is 0.378 e. The Bertz CT molecular complexity index is 592. The number of aromatic nitrogens is 1. The maximum Gasteiger partial charge on any atom is 0.0737 e. The fourth-order valence-electron chi connectivity index (χ4n) is 1.46. The summed E-state index contributed by atoms with van der Waals surface area (Å²) in [4.78, 5) is 4.37. The summed E-state index contributed by atoms with van der Waals surface area (Å²) in [6.45, 7) is 0.632. The zero-order chi connectivity index (χ0) is 14.0. The molecule has 0 aliphatic carbocycles. The lowest BCUT2D eigenvalue weighted by Gasteiger charge is -2.12. The van der Waals surface area contributed by atoms with Gasteiger partial charge in [-0.1, -0.05) is 15.9 Å².